The summed E-state index contributed by atoms with van der Waals surface area (Å²) < 4.78 is 0. The van der Waals surface area contributed by atoms with Crippen molar-refractivity contribution in [1.82, 2.24) is 5.32 Å². The molecule has 25 heavy (non-hydrogen) atoms. The minimum atomic E-state index is -0.0626. The summed E-state index contributed by atoms with van der Waals surface area (Å²) in [5, 5.41) is 8.99. The van der Waals surface area contributed by atoms with E-state index in [1.165, 1.54) is 22.5 Å². The number of hydrogen-bond donors (Lipinski definition) is 2. The Bertz CT molecular complexity index is 799. The number of halogens is 1. The van der Waals surface area contributed by atoms with Crippen molar-refractivity contribution in [3.05, 3.63) is 87.1 Å². The molecule has 0 radical (unpaired) electrons. The number of benzene rings is 2. The largest absolute Gasteiger partial charge is 0.321 e. The third-order valence-corrected chi connectivity index (χ3v) is 4.91. The van der Waals surface area contributed by atoms with Crippen LogP contribution in [0.3, 0.4) is 0 Å². The summed E-state index contributed by atoms with van der Waals surface area (Å²) in [7, 11) is 0. The Labute approximate surface area is 156 Å². The smallest absolute Gasteiger partial charge is 0.265 e. The third kappa shape index (κ3) is 5.43. The maximum absolute atomic E-state index is 12.0. The summed E-state index contributed by atoms with van der Waals surface area (Å²) >= 11 is 7.32. The molecule has 0 saturated heterocycles. The summed E-state index contributed by atoms with van der Waals surface area (Å²) in [6, 6.07) is 19.5. The lowest BCUT2D eigenvalue weighted by Crippen LogP contribution is -2.16. The molecule has 128 valence electrons. The number of carbonyl (C=O) groups is 1. The van der Waals surface area contributed by atoms with Crippen LogP contribution in [0.1, 0.15) is 20.8 Å². The van der Waals surface area contributed by atoms with E-state index in [0.717, 1.165) is 35.1 Å². The maximum Gasteiger partial charge on any atom is 0.265 e. The zero-order valence-corrected chi connectivity index (χ0v) is 15.2. The first-order chi connectivity index (χ1) is 12.2. The lowest BCUT2D eigenvalue weighted by molar-refractivity contribution is 0.103. The topological polar surface area (TPSA) is 41.1 Å². The highest BCUT2D eigenvalue weighted by atomic mass is 35.5. The monoisotopic (exact) mass is 370 g/mol. The predicted octanol–water partition coefficient (Wildman–Crippen LogP) is 4.99. The van der Waals surface area contributed by atoms with Gasteiger partial charge in [0.05, 0.1) is 4.88 Å². The molecule has 3 aromatic rings. The molecule has 3 nitrogen and oxygen atoms in total. The molecule has 0 saturated carbocycles. The number of rotatable bonds is 7. The SMILES string of the molecule is O=C(Nc1ccc(CCNCc2ccc(Cl)cc2)cc1)c1cccs1. The van der Waals surface area contributed by atoms with Crippen LogP contribution in [0.4, 0.5) is 5.69 Å². The minimum Gasteiger partial charge on any atom is -0.321 e. The van der Waals surface area contributed by atoms with E-state index in [1.807, 2.05) is 66.0 Å². The number of carbonyl (C=O) groups excluding carboxylic acids is 1. The van der Waals surface area contributed by atoms with Crippen molar-refractivity contribution in [3.8, 4) is 0 Å². The zero-order chi connectivity index (χ0) is 17.5. The Kier molecular flexibility index (Phi) is 6.23. The average molecular weight is 371 g/mol. The number of hydrogen-bond acceptors (Lipinski definition) is 3. The molecule has 1 amide bonds. The quantitative estimate of drug-likeness (QED) is 0.575. The van der Waals surface area contributed by atoms with Gasteiger partial charge in [0.25, 0.3) is 5.91 Å². The average Bonchev–Trinajstić information content (AvgIpc) is 3.16. The van der Waals surface area contributed by atoms with E-state index in [2.05, 4.69) is 10.6 Å². The number of nitrogens with one attached hydrogen (secondary N) is 2. The van der Waals surface area contributed by atoms with Crippen LogP contribution in [0.15, 0.2) is 66.0 Å². The van der Waals surface area contributed by atoms with Crippen LogP contribution in [0.5, 0.6) is 0 Å². The highest BCUT2D eigenvalue weighted by molar-refractivity contribution is 7.12. The molecule has 0 aliphatic carbocycles. The second-order valence-electron chi connectivity index (χ2n) is 5.68. The van der Waals surface area contributed by atoms with Crippen LogP contribution in [0.25, 0.3) is 0 Å². The lowest BCUT2D eigenvalue weighted by atomic mass is 10.1. The Balaban J connectivity index is 1.43. The van der Waals surface area contributed by atoms with Crippen LogP contribution in [-0.2, 0) is 13.0 Å². The molecule has 0 atom stereocenters. The molecule has 2 N–H and O–H groups in total. The molecule has 0 fully saturated rings. The fourth-order valence-corrected chi connectivity index (χ4v) is 3.17. The normalized spacial score (nSPS) is 10.6. The van der Waals surface area contributed by atoms with Gasteiger partial charge in [-0.3, -0.25) is 4.79 Å². The number of anilines is 1. The molecule has 0 spiro atoms. The first-order valence-corrected chi connectivity index (χ1v) is 9.35. The second-order valence-corrected chi connectivity index (χ2v) is 7.07. The maximum atomic E-state index is 12.0. The lowest BCUT2D eigenvalue weighted by Gasteiger charge is -2.07. The van der Waals surface area contributed by atoms with E-state index in [9.17, 15) is 4.79 Å². The standard InChI is InChI=1S/C20H19ClN2OS/c21-17-7-3-16(4-8-17)14-22-12-11-15-5-9-18(10-6-15)23-20(24)19-2-1-13-25-19/h1-10,13,22H,11-12,14H2,(H,23,24). The van der Waals surface area contributed by atoms with Crippen LogP contribution in [0, 0.1) is 0 Å². The summed E-state index contributed by atoms with van der Waals surface area (Å²) in [6.45, 7) is 1.72. The highest BCUT2D eigenvalue weighted by Gasteiger charge is 2.06. The van der Waals surface area contributed by atoms with E-state index in [0.29, 0.717) is 0 Å². The van der Waals surface area contributed by atoms with E-state index >= 15 is 0 Å². The van der Waals surface area contributed by atoms with Crippen molar-refractivity contribution >= 4 is 34.5 Å². The Morgan fingerprint density at radius 2 is 1.68 bits per heavy atom. The molecule has 0 unspecified atom stereocenters. The van der Waals surface area contributed by atoms with Gasteiger partial charge in [-0.1, -0.05) is 41.9 Å². The molecule has 3 rings (SSSR count). The van der Waals surface area contributed by atoms with Crippen molar-refractivity contribution in [3.63, 3.8) is 0 Å². The van der Waals surface area contributed by atoms with Gasteiger partial charge < -0.3 is 10.6 Å². The van der Waals surface area contributed by atoms with E-state index < -0.39 is 0 Å². The summed E-state index contributed by atoms with van der Waals surface area (Å²) in [5.41, 5.74) is 3.27. The number of amides is 1. The van der Waals surface area contributed by atoms with Gasteiger partial charge in [-0.2, -0.15) is 0 Å². The molecule has 2 aromatic carbocycles. The van der Waals surface area contributed by atoms with Crippen molar-refractivity contribution in [2.45, 2.75) is 13.0 Å². The van der Waals surface area contributed by atoms with Crippen LogP contribution in [-0.4, -0.2) is 12.5 Å². The van der Waals surface area contributed by atoms with Gasteiger partial charge in [-0.25, -0.2) is 0 Å². The van der Waals surface area contributed by atoms with Gasteiger partial charge in [0.15, 0.2) is 0 Å². The molecule has 0 bridgehead atoms. The minimum absolute atomic E-state index is 0.0626. The number of thiophene rings is 1. The molecule has 0 aliphatic heterocycles. The zero-order valence-electron chi connectivity index (χ0n) is 13.7. The van der Waals surface area contributed by atoms with Gasteiger partial charge in [-0.05, 0) is 59.8 Å². The van der Waals surface area contributed by atoms with E-state index in [4.69, 9.17) is 11.6 Å². The molecule has 0 aliphatic rings. The summed E-state index contributed by atoms with van der Waals surface area (Å²) in [4.78, 5) is 12.7. The van der Waals surface area contributed by atoms with Gasteiger partial charge in [0.1, 0.15) is 0 Å². The molecule has 1 aromatic heterocycles. The van der Waals surface area contributed by atoms with Gasteiger partial charge in [0.2, 0.25) is 0 Å². The summed E-state index contributed by atoms with van der Waals surface area (Å²) in [6.07, 6.45) is 0.937. The fourth-order valence-electron chi connectivity index (χ4n) is 2.42. The second kappa shape index (κ2) is 8.81. The third-order valence-electron chi connectivity index (χ3n) is 3.79. The highest BCUT2D eigenvalue weighted by Crippen LogP contribution is 2.14. The molecular formula is C20H19ClN2OS. The summed E-state index contributed by atoms with van der Waals surface area (Å²) in [5.74, 6) is -0.0626. The van der Waals surface area contributed by atoms with Gasteiger partial charge in [-0.15, -0.1) is 11.3 Å². The van der Waals surface area contributed by atoms with Crippen molar-refractivity contribution in [2.75, 3.05) is 11.9 Å². The first-order valence-electron chi connectivity index (χ1n) is 8.10. The van der Waals surface area contributed by atoms with Crippen LogP contribution < -0.4 is 10.6 Å². The Morgan fingerprint density at radius 3 is 2.36 bits per heavy atom. The van der Waals surface area contributed by atoms with Crippen LogP contribution >= 0.6 is 22.9 Å². The molecular weight excluding hydrogens is 352 g/mol. The van der Waals surface area contributed by atoms with Crippen molar-refractivity contribution < 1.29 is 4.79 Å². The first kappa shape index (κ1) is 17.7. The van der Waals surface area contributed by atoms with Crippen LogP contribution in [0.2, 0.25) is 5.02 Å². The van der Waals surface area contributed by atoms with Gasteiger partial charge >= 0.3 is 0 Å². The predicted molar refractivity (Wildman–Crippen MR) is 106 cm³/mol. The van der Waals surface area contributed by atoms with E-state index in [1.54, 1.807) is 0 Å². The Morgan fingerprint density at radius 1 is 0.960 bits per heavy atom. The molecule has 1 heterocycles. The van der Waals surface area contributed by atoms with E-state index in [-0.39, 0.29) is 5.91 Å². The van der Waals surface area contributed by atoms with Gasteiger partial charge in [0, 0.05) is 17.3 Å². The Hall–Kier alpha value is -2.14. The fraction of sp³-hybridized carbons (Fsp3) is 0.150. The van der Waals surface area contributed by atoms with Crippen molar-refractivity contribution in [2.24, 2.45) is 0 Å². The molecule has 5 heteroatoms. The van der Waals surface area contributed by atoms with Crippen molar-refractivity contribution in [1.29, 1.82) is 0 Å².